The van der Waals surface area contributed by atoms with Crippen molar-refractivity contribution in [3.8, 4) is 0 Å². The van der Waals surface area contributed by atoms with Crippen molar-refractivity contribution in [1.82, 2.24) is 24.8 Å². The second kappa shape index (κ2) is 7.47. The average Bonchev–Trinajstić information content (AvgIpc) is 3.17. The van der Waals surface area contributed by atoms with Gasteiger partial charge in [-0.1, -0.05) is 17.3 Å². The van der Waals surface area contributed by atoms with Crippen LogP contribution in [0, 0.1) is 0 Å². The summed E-state index contributed by atoms with van der Waals surface area (Å²) in [6, 6.07) is 10.7. The molecular formula is C19H16F2N6O2. The minimum absolute atomic E-state index is 0.0202. The molecule has 0 atom stereocenters. The molecule has 0 aliphatic rings. The molecule has 0 spiro atoms. The van der Waals surface area contributed by atoms with E-state index in [1.54, 1.807) is 31.3 Å². The number of alkyl halides is 2. The lowest BCUT2D eigenvalue weighted by Gasteiger charge is -2.15. The number of rotatable bonds is 6. The zero-order chi connectivity index (χ0) is 20.4. The maximum Gasteiger partial charge on any atom is 0.333 e. The Kier molecular flexibility index (Phi) is 4.85. The summed E-state index contributed by atoms with van der Waals surface area (Å²) in [5.41, 5.74) is 1.23. The number of fused-ring (bicyclic) bond motifs is 2. The predicted octanol–water partition coefficient (Wildman–Crippen LogP) is 2.55. The Bertz CT molecular complexity index is 1210. The highest BCUT2D eigenvalue weighted by Crippen LogP contribution is 2.35. The summed E-state index contributed by atoms with van der Waals surface area (Å²) < 4.78 is 31.6. The molecule has 3 heterocycles. The number of aliphatic hydroxyl groups is 1. The van der Waals surface area contributed by atoms with Gasteiger partial charge in [-0.05, 0) is 37.3 Å². The highest BCUT2D eigenvalue weighted by Gasteiger charge is 2.40. The average molecular weight is 398 g/mol. The summed E-state index contributed by atoms with van der Waals surface area (Å²) in [6.45, 7) is 1.45. The maximum atomic E-state index is 15.3. The second-order valence-electron chi connectivity index (χ2n) is 6.23. The van der Waals surface area contributed by atoms with Crippen LogP contribution in [0.15, 0.2) is 53.8 Å². The van der Waals surface area contributed by atoms with E-state index in [2.05, 4.69) is 25.4 Å². The summed E-state index contributed by atoms with van der Waals surface area (Å²) >= 11 is 0. The van der Waals surface area contributed by atoms with Crippen molar-refractivity contribution in [1.29, 1.82) is 0 Å². The Morgan fingerprint density at radius 2 is 2.07 bits per heavy atom. The Balaban J connectivity index is 1.77. The number of benzene rings is 1. The Morgan fingerprint density at radius 3 is 2.90 bits per heavy atom. The molecule has 0 saturated heterocycles. The van der Waals surface area contributed by atoms with Crippen LogP contribution >= 0.6 is 0 Å². The SMILES string of the molecule is C/C(=N/OCCO)c1ccc2nnc(C(F)(F)c3ccc4ncccc4c3)n2n1. The van der Waals surface area contributed by atoms with E-state index in [9.17, 15) is 0 Å². The highest BCUT2D eigenvalue weighted by atomic mass is 19.3. The van der Waals surface area contributed by atoms with Gasteiger partial charge >= 0.3 is 5.92 Å². The molecule has 1 N–H and O–H groups in total. The molecule has 0 bridgehead atoms. The number of halogens is 2. The van der Waals surface area contributed by atoms with Gasteiger partial charge < -0.3 is 9.94 Å². The van der Waals surface area contributed by atoms with Gasteiger partial charge in [0.1, 0.15) is 18.0 Å². The zero-order valence-electron chi connectivity index (χ0n) is 15.3. The van der Waals surface area contributed by atoms with Gasteiger partial charge in [0.25, 0.3) is 0 Å². The van der Waals surface area contributed by atoms with Crippen molar-refractivity contribution in [2.75, 3.05) is 13.2 Å². The molecule has 0 unspecified atom stereocenters. The third-order valence-corrected chi connectivity index (χ3v) is 4.26. The van der Waals surface area contributed by atoms with Crippen LogP contribution in [-0.4, -0.2) is 48.8 Å². The molecule has 4 aromatic rings. The van der Waals surface area contributed by atoms with Crippen molar-refractivity contribution >= 4 is 22.3 Å². The fraction of sp³-hybridized carbons (Fsp3) is 0.211. The number of oxime groups is 1. The zero-order valence-corrected chi connectivity index (χ0v) is 15.3. The van der Waals surface area contributed by atoms with Gasteiger partial charge in [-0.25, -0.2) is 0 Å². The van der Waals surface area contributed by atoms with Gasteiger partial charge in [0, 0.05) is 17.1 Å². The van der Waals surface area contributed by atoms with E-state index in [4.69, 9.17) is 9.94 Å². The Morgan fingerprint density at radius 1 is 1.21 bits per heavy atom. The lowest BCUT2D eigenvalue weighted by molar-refractivity contribution is 0.0307. The third kappa shape index (κ3) is 3.49. The van der Waals surface area contributed by atoms with Crippen LogP contribution in [0.25, 0.3) is 16.6 Å². The molecule has 3 aromatic heterocycles. The van der Waals surface area contributed by atoms with Crippen LogP contribution in [0.4, 0.5) is 8.78 Å². The molecule has 0 aliphatic carbocycles. The van der Waals surface area contributed by atoms with E-state index in [0.717, 1.165) is 4.52 Å². The third-order valence-electron chi connectivity index (χ3n) is 4.26. The summed E-state index contributed by atoms with van der Waals surface area (Å²) in [5, 5.41) is 24.8. The van der Waals surface area contributed by atoms with Crippen LogP contribution in [0.2, 0.25) is 0 Å². The molecule has 1 aromatic carbocycles. The fourth-order valence-electron chi connectivity index (χ4n) is 2.81. The minimum atomic E-state index is -3.44. The van der Waals surface area contributed by atoms with E-state index in [1.165, 1.54) is 24.3 Å². The number of hydrogen-bond donors (Lipinski definition) is 1. The highest BCUT2D eigenvalue weighted by molar-refractivity contribution is 5.96. The van der Waals surface area contributed by atoms with Crippen molar-refractivity contribution < 1.29 is 18.7 Å². The fourth-order valence-corrected chi connectivity index (χ4v) is 2.81. The predicted molar refractivity (Wildman–Crippen MR) is 101 cm³/mol. The van der Waals surface area contributed by atoms with Gasteiger partial charge in [0.05, 0.1) is 12.1 Å². The van der Waals surface area contributed by atoms with E-state index < -0.39 is 11.7 Å². The summed E-state index contributed by atoms with van der Waals surface area (Å²) in [4.78, 5) is 9.05. The first-order valence-corrected chi connectivity index (χ1v) is 8.74. The standard InChI is InChI=1S/C19H16F2N6O2/c1-12(26-29-10-9-28)15-6-7-17-23-24-18(27(17)25-15)19(20,21)14-4-5-16-13(11-14)3-2-8-22-16/h2-8,11,28H,9-10H2,1H3/b26-12-. The maximum absolute atomic E-state index is 15.3. The van der Waals surface area contributed by atoms with Crippen LogP contribution in [0.5, 0.6) is 0 Å². The van der Waals surface area contributed by atoms with E-state index >= 15 is 8.78 Å². The number of pyridine rings is 1. The van der Waals surface area contributed by atoms with E-state index in [-0.39, 0.29) is 24.4 Å². The Labute approximate surface area is 163 Å². The van der Waals surface area contributed by atoms with Gasteiger partial charge in [-0.3, -0.25) is 4.98 Å². The first-order valence-electron chi connectivity index (χ1n) is 8.74. The molecule has 8 nitrogen and oxygen atoms in total. The summed E-state index contributed by atoms with van der Waals surface area (Å²) in [6.07, 6.45) is 1.60. The summed E-state index contributed by atoms with van der Waals surface area (Å²) in [7, 11) is 0. The molecule has 29 heavy (non-hydrogen) atoms. The second-order valence-corrected chi connectivity index (χ2v) is 6.23. The molecule has 0 radical (unpaired) electrons. The van der Waals surface area contributed by atoms with Crippen LogP contribution in [0.3, 0.4) is 0 Å². The van der Waals surface area contributed by atoms with Gasteiger partial charge in [-0.2, -0.15) is 18.4 Å². The molecule has 4 rings (SSSR count). The van der Waals surface area contributed by atoms with Crippen LogP contribution < -0.4 is 0 Å². The molecule has 0 amide bonds. The molecule has 0 aliphatic heterocycles. The monoisotopic (exact) mass is 398 g/mol. The number of nitrogens with zero attached hydrogens (tertiary/aromatic N) is 6. The lowest BCUT2D eigenvalue weighted by Crippen LogP contribution is -2.21. The minimum Gasteiger partial charge on any atom is -0.393 e. The van der Waals surface area contributed by atoms with Crippen LogP contribution in [-0.2, 0) is 10.8 Å². The number of hydrogen-bond acceptors (Lipinski definition) is 7. The van der Waals surface area contributed by atoms with Crippen molar-refractivity contribution in [2.45, 2.75) is 12.8 Å². The molecule has 148 valence electrons. The summed E-state index contributed by atoms with van der Waals surface area (Å²) in [5.74, 6) is -4.05. The van der Waals surface area contributed by atoms with Gasteiger partial charge in [0.15, 0.2) is 5.65 Å². The topological polar surface area (TPSA) is 97.8 Å². The molecule has 10 heteroatoms. The van der Waals surface area contributed by atoms with Gasteiger partial charge in [-0.15, -0.1) is 10.2 Å². The van der Waals surface area contributed by atoms with E-state index in [1.807, 2.05) is 0 Å². The molecular weight excluding hydrogens is 382 g/mol. The van der Waals surface area contributed by atoms with Crippen molar-refractivity contribution in [2.24, 2.45) is 5.16 Å². The first-order chi connectivity index (χ1) is 14.0. The smallest absolute Gasteiger partial charge is 0.333 e. The normalized spacial score (nSPS) is 12.6. The quantitative estimate of drug-likeness (QED) is 0.305. The molecule has 0 fully saturated rings. The van der Waals surface area contributed by atoms with Gasteiger partial charge in [0.2, 0.25) is 5.82 Å². The van der Waals surface area contributed by atoms with Crippen molar-refractivity contribution in [3.63, 3.8) is 0 Å². The first kappa shape index (κ1) is 18.8. The number of aromatic nitrogens is 5. The molecule has 0 saturated carbocycles. The largest absolute Gasteiger partial charge is 0.393 e. The lowest BCUT2D eigenvalue weighted by atomic mass is 10.0. The van der Waals surface area contributed by atoms with Crippen LogP contribution in [0.1, 0.15) is 24.0 Å². The van der Waals surface area contributed by atoms with E-state index in [0.29, 0.717) is 22.3 Å². The Hall–Kier alpha value is -3.53. The van der Waals surface area contributed by atoms with Crippen molar-refractivity contribution in [3.05, 3.63) is 65.7 Å². The number of aliphatic hydroxyl groups excluding tert-OH is 1.